The molecule has 154 valence electrons. The zero-order chi connectivity index (χ0) is 19.9. The smallest absolute Gasteiger partial charge is 0.0718 e. The lowest BCUT2D eigenvalue weighted by Crippen LogP contribution is -2.32. The van der Waals surface area contributed by atoms with Crippen molar-refractivity contribution >= 4 is 5.97 Å². The molecule has 0 aliphatic rings. The highest BCUT2D eigenvalue weighted by Gasteiger charge is 2.11. The summed E-state index contributed by atoms with van der Waals surface area (Å²) in [6.07, 6.45) is 15.1. The van der Waals surface area contributed by atoms with E-state index < -0.39 is 5.97 Å². The van der Waals surface area contributed by atoms with Gasteiger partial charge in [0, 0.05) is 17.6 Å². The number of hydrogen-bond donors (Lipinski definition) is 2. The van der Waals surface area contributed by atoms with E-state index in [9.17, 15) is 9.90 Å². The van der Waals surface area contributed by atoms with Crippen LogP contribution in [-0.4, -0.2) is 18.1 Å². The van der Waals surface area contributed by atoms with Crippen molar-refractivity contribution < 1.29 is 9.90 Å². The van der Waals surface area contributed by atoms with Crippen LogP contribution in [0.3, 0.4) is 0 Å². The molecule has 2 unspecified atom stereocenters. The van der Waals surface area contributed by atoms with Crippen LogP contribution >= 0.6 is 0 Å². The summed E-state index contributed by atoms with van der Waals surface area (Å²) in [6, 6.07) is 7.14. The minimum absolute atomic E-state index is 0.00776. The van der Waals surface area contributed by atoms with Crippen molar-refractivity contribution in [2.45, 2.75) is 102 Å². The van der Waals surface area contributed by atoms with Gasteiger partial charge in [-0.2, -0.15) is 0 Å². The van der Waals surface area contributed by atoms with Crippen LogP contribution in [0.25, 0.3) is 0 Å². The number of aromatic carboxylic acids is 1. The van der Waals surface area contributed by atoms with Crippen molar-refractivity contribution in [2.24, 2.45) is 11.5 Å². The van der Waals surface area contributed by atoms with Crippen LogP contribution in [0, 0.1) is 0 Å². The quantitative estimate of drug-likeness (QED) is 0.428. The molecule has 0 fully saturated rings. The second-order valence-corrected chi connectivity index (χ2v) is 7.86. The number of carbonyl (C=O) groups is 1. The van der Waals surface area contributed by atoms with Gasteiger partial charge in [0.25, 0.3) is 0 Å². The molecule has 4 nitrogen and oxygen atoms in total. The van der Waals surface area contributed by atoms with E-state index in [-0.39, 0.29) is 17.6 Å². The summed E-state index contributed by atoms with van der Waals surface area (Å²) in [4.78, 5) is 11.1. The third-order valence-corrected chi connectivity index (χ3v) is 5.31. The fourth-order valence-corrected chi connectivity index (χ4v) is 3.62. The van der Waals surface area contributed by atoms with Gasteiger partial charge in [0.1, 0.15) is 0 Å². The Kier molecular flexibility index (Phi) is 12.8. The summed E-state index contributed by atoms with van der Waals surface area (Å²) in [6.45, 7) is 2.25. The highest BCUT2D eigenvalue weighted by Crippen LogP contribution is 2.15. The van der Waals surface area contributed by atoms with Gasteiger partial charge in [-0.3, -0.25) is 0 Å². The molecule has 1 rings (SSSR count). The zero-order valence-electron chi connectivity index (χ0n) is 17.1. The lowest BCUT2D eigenvalue weighted by molar-refractivity contribution is -0.255. The van der Waals surface area contributed by atoms with Crippen molar-refractivity contribution in [1.82, 2.24) is 0 Å². The van der Waals surface area contributed by atoms with Crippen LogP contribution in [0.2, 0.25) is 0 Å². The number of carboxylic acids is 1. The second-order valence-electron chi connectivity index (χ2n) is 7.86. The van der Waals surface area contributed by atoms with Crippen LogP contribution in [-0.2, 0) is 6.42 Å². The van der Waals surface area contributed by atoms with Crippen LogP contribution in [0.4, 0.5) is 0 Å². The van der Waals surface area contributed by atoms with E-state index in [1.54, 1.807) is 12.1 Å². The number of aryl methyl sites for hydroxylation is 1. The third kappa shape index (κ3) is 11.1. The normalized spacial score (nSPS) is 13.4. The fraction of sp³-hybridized carbons (Fsp3) is 0.696. The van der Waals surface area contributed by atoms with Crippen molar-refractivity contribution in [1.29, 1.82) is 0 Å². The highest BCUT2D eigenvalue weighted by molar-refractivity contribution is 5.87. The van der Waals surface area contributed by atoms with Crippen molar-refractivity contribution in [3.05, 3.63) is 35.4 Å². The Morgan fingerprint density at radius 3 is 2.07 bits per heavy atom. The van der Waals surface area contributed by atoms with Gasteiger partial charge in [0.2, 0.25) is 0 Å². The van der Waals surface area contributed by atoms with Gasteiger partial charge < -0.3 is 21.4 Å². The van der Waals surface area contributed by atoms with E-state index in [1.165, 1.54) is 57.8 Å². The maximum Gasteiger partial charge on any atom is 0.0718 e. The van der Waals surface area contributed by atoms with E-state index in [0.717, 1.165) is 24.8 Å². The van der Waals surface area contributed by atoms with E-state index in [1.807, 2.05) is 12.1 Å². The molecular weight excluding hydrogens is 336 g/mol. The summed E-state index contributed by atoms with van der Waals surface area (Å²) in [5.41, 5.74) is 13.5. The predicted molar refractivity (Wildman–Crippen MR) is 112 cm³/mol. The maximum absolute atomic E-state index is 11.1. The van der Waals surface area contributed by atoms with E-state index in [4.69, 9.17) is 11.5 Å². The first-order valence-electron chi connectivity index (χ1n) is 10.8. The lowest BCUT2D eigenvalue weighted by Gasteiger charge is -2.18. The molecule has 0 aliphatic heterocycles. The van der Waals surface area contributed by atoms with E-state index in [2.05, 4.69) is 6.92 Å². The Morgan fingerprint density at radius 1 is 0.889 bits per heavy atom. The lowest BCUT2D eigenvalue weighted by atomic mass is 9.95. The van der Waals surface area contributed by atoms with Gasteiger partial charge in [-0.25, -0.2) is 0 Å². The largest absolute Gasteiger partial charge is 0.545 e. The Balaban J connectivity index is 2.11. The first kappa shape index (κ1) is 23.6. The Morgan fingerprint density at radius 2 is 1.44 bits per heavy atom. The standard InChI is InChI=1S/C23H40N2O2/c1-2-3-4-5-6-7-8-9-10-14-20(24)18-21(25)17-16-19-13-11-12-15-22(19)23(26)27/h11-13,15,20-21H,2-10,14,16-18,24-25H2,1H3,(H,26,27)/p-1. The molecule has 0 radical (unpaired) electrons. The number of nitrogens with two attached hydrogens (primary N) is 2. The first-order chi connectivity index (χ1) is 13.0. The minimum Gasteiger partial charge on any atom is -0.545 e. The summed E-state index contributed by atoms with van der Waals surface area (Å²) in [5, 5.41) is 11.1. The molecule has 1 aromatic carbocycles. The Hall–Kier alpha value is -1.39. The third-order valence-electron chi connectivity index (χ3n) is 5.31. The molecule has 0 bridgehead atoms. The highest BCUT2D eigenvalue weighted by atomic mass is 16.4. The molecule has 4 N–H and O–H groups in total. The van der Waals surface area contributed by atoms with Crippen LogP contribution < -0.4 is 16.6 Å². The molecule has 0 heterocycles. The van der Waals surface area contributed by atoms with Gasteiger partial charge in [-0.1, -0.05) is 89.0 Å². The van der Waals surface area contributed by atoms with Gasteiger partial charge in [0.05, 0.1) is 5.97 Å². The second kappa shape index (κ2) is 14.6. The summed E-state index contributed by atoms with van der Waals surface area (Å²) < 4.78 is 0. The SMILES string of the molecule is CCCCCCCCCCCC(N)CC(N)CCc1ccccc1C(=O)[O-]. The average molecular weight is 376 g/mol. The first-order valence-corrected chi connectivity index (χ1v) is 10.8. The van der Waals surface area contributed by atoms with E-state index >= 15 is 0 Å². The Labute approximate surface area is 165 Å². The number of benzene rings is 1. The maximum atomic E-state index is 11.1. The number of unbranched alkanes of at least 4 members (excludes halogenated alkanes) is 8. The number of hydrogen-bond acceptors (Lipinski definition) is 4. The van der Waals surface area contributed by atoms with Gasteiger partial charge in [-0.05, 0) is 31.2 Å². The summed E-state index contributed by atoms with van der Waals surface area (Å²) in [7, 11) is 0. The van der Waals surface area contributed by atoms with Crippen LogP contribution in [0.5, 0.6) is 0 Å². The summed E-state index contributed by atoms with van der Waals surface area (Å²) >= 11 is 0. The molecule has 1 aromatic rings. The van der Waals surface area contributed by atoms with Gasteiger partial charge in [0.15, 0.2) is 0 Å². The number of carboxylic acid groups (broad SMARTS) is 1. The number of rotatable bonds is 16. The molecule has 0 saturated carbocycles. The zero-order valence-corrected chi connectivity index (χ0v) is 17.1. The molecular formula is C23H39N2O2-. The molecule has 4 heteroatoms. The van der Waals surface area contributed by atoms with Crippen molar-refractivity contribution in [3.63, 3.8) is 0 Å². The predicted octanol–water partition coefficient (Wildman–Crippen LogP) is 3.95. The molecule has 0 amide bonds. The van der Waals surface area contributed by atoms with Gasteiger partial charge >= 0.3 is 0 Å². The topological polar surface area (TPSA) is 92.2 Å². The molecule has 2 atom stereocenters. The molecule has 0 spiro atoms. The Bertz CT molecular complexity index is 519. The van der Waals surface area contributed by atoms with Crippen LogP contribution in [0.15, 0.2) is 24.3 Å². The van der Waals surface area contributed by atoms with Gasteiger partial charge in [-0.15, -0.1) is 0 Å². The number of carbonyl (C=O) groups excluding carboxylic acids is 1. The minimum atomic E-state index is -1.12. The van der Waals surface area contributed by atoms with Crippen LogP contribution in [0.1, 0.15) is 99.9 Å². The summed E-state index contributed by atoms with van der Waals surface area (Å²) in [5.74, 6) is -1.12. The fourth-order valence-electron chi connectivity index (χ4n) is 3.62. The monoisotopic (exact) mass is 375 g/mol. The van der Waals surface area contributed by atoms with E-state index in [0.29, 0.717) is 6.42 Å². The van der Waals surface area contributed by atoms with Crippen molar-refractivity contribution in [2.75, 3.05) is 0 Å². The molecule has 0 saturated heterocycles. The average Bonchev–Trinajstić information content (AvgIpc) is 2.65. The molecule has 0 aliphatic carbocycles. The molecule has 0 aromatic heterocycles. The van der Waals surface area contributed by atoms with Crippen molar-refractivity contribution in [3.8, 4) is 0 Å². The molecule has 27 heavy (non-hydrogen) atoms.